The molecule has 1 aromatic carbocycles. The molecule has 0 bridgehead atoms. The van der Waals surface area contributed by atoms with Crippen molar-refractivity contribution in [1.29, 1.82) is 0 Å². The third kappa shape index (κ3) is 2.49. The molecular formula is C17H23Cl2N. The second-order valence-corrected chi connectivity index (χ2v) is 7.97. The Bertz CT molecular complexity index is 498. The van der Waals surface area contributed by atoms with E-state index in [0.29, 0.717) is 21.5 Å². The largest absolute Gasteiger partial charge is 0.314 e. The molecule has 0 atom stereocenters. The normalized spacial score (nSPS) is 22.6. The number of halogens is 2. The summed E-state index contributed by atoms with van der Waals surface area (Å²) in [5, 5.41) is 4.97. The van der Waals surface area contributed by atoms with Crippen molar-refractivity contribution in [3.63, 3.8) is 0 Å². The lowest BCUT2D eigenvalue weighted by molar-refractivity contribution is -0.0489. The molecule has 2 fully saturated rings. The quantitative estimate of drug-likeness (QED) is 0.806. The molecule has 0 heterocycles. The Morgan fingerprint density at radius 2 is 1.85 bits per heavy atom. The topological polar surface area (TPSA) is 12.0 Å². The van der Waals surface area contributed by atoms with Gasteiger partial charge in [-0.2, -0.15) is 0 Å². The van der Waals surface area contributed by atoms with Crippen LogP contribution in [0.15, 0.2) is 18.2 Å². The highest BCUT2D eigenvalue weighted by Crippen LogP contribution is 2.64. The summed E-state index contributed by atoms with van der Waals surface area (Å²) in [5.41, 5.74) is 2.27. The van der Waals surface area contributed by atoms with Gasteiger partial charge in [-0.25, -0.2) is 0 Å². The maximum Gasteiger partial charge on any atom is 0.0595 e. The Morgan fingerprint density at radius 3 is 2.35 bits per heavy atom. The van der Waals surface area contributed by atoms with E-state index < -0.39 is 0 Å². The lowest BCUT2D eigenvalue weighted by Gasteiger charge is -2.62. The molecule has 0 aromatic heterocycles. The van der Waals surface area contributed by atoms with Crippen LogP contribution in [-0.4, -0.2) is 12.6 Å². The molecule has 2 saturated carbocycles. The number of hydrogen-bond acceptors (Lipinski definition) is 1. The van der Waals surface area contributed by atoms with Crippen LogP contribution < -0.4 is 5.32 Å². The zero-order chi connectivity index (χ0) is 14.4. The van der Waals surface area contributed by atoms with Crippen molar-refractivity contribution in [2.45, 2.75) is 57.4 Å². The molecule has 0 radical (unpaired) electrons. The van der Waals surface area contributed by atoms with Gasteiger partial charge in [0.1, 0.15) is 0 Å². The molecular weight excluding hydrogens is 289 g/mol. The molecule has 110 valence electrons. The van der Waals surface area contributed by atoms with Gasteiger partial charge in [0, 0.05) is 18.0 Å². The fraction of sp³-hybridized carbons (Fsp3) is 0.647. The standard InChI is InChI=1S/C17H23Cl2N/c1-12(2)20-11-17(9-16(10-17)6-3-7-16)13-4-5-14(18)15(19)8-13/h4-5,8,12,20H,3,6-7,9-11H2,1-2H3. The predicted octanol–water partition coefficient (Wildman–Crippen LogP) is 5.19. The third-order valence-electron chi connectivity index (χ3n) is 5.22. The molecule has 2 aliphatic carbocycles. The summed E-state index contributed by atoms with van der Waals surface area (Å²) in [7, 11) is 0. The van der Waals surface area contributed by atoms with E-state index in [0.717, 1.165) is 6.54 Å². The fourth-order valence-corrected chi connectivity index (χ4v) is 4.37. The number of nitrogens with one attached hydrogen (secondary N) is 1. The first-order valence-electron chi connectivity index (χ1n) is 7.64. The molecule has 0 unspecified atom stereocenters. The van der Waals surface area contributed by atoms with E-state index in [2.05, 4.69) is 31.3 Å². The maximum absolute atomic E-state index is 6.23. The highest BCUT2D eigenvalue weighted by Gasteiger charge is 2.57. The van der Waals surface area contributed by atoms with E-state index in [9.17, 15) is 0 Å². The first kappa shape index (κ1) is 14.7. The van der Waals surface area contributed by atoms with Crippen LogP contribution in [0.25, 0.3) is 0 Å². The van der Waals surface area contributed by atoms with Gasteiger partial charge < -0.3 is 5.32 Å². The Hall–Kier alpha value is -0.240. The molecule has 1 spiro atoms. The molecule has 0 amide bonds. The third-order valence-corrected chi connectivity index (χ3v) is 5.96. The second kappa shape index (κ2) is 5.19. The monoisotopic (exact) mass is 311 g/mol. The minimum atomic E-state index is 0.263. The molecule has 3 rings (SSSR count). The smallest absolute Gasteiger partial charge is 0.0595 e. The molecule has 3 heteroatoms. The van der Waals surface area contributed by atoms with Crippen molar-refractivity contribution in [2.24, 2.45) is 5.41 Å². The van der Waals surface area contributed by atoms with Gasteiger partial charge in [0.2, 0.25) is 0 Å². The van der Waals surface area contributed by atoms with Crippen molar-refractivity contribution in [3.8, 4) is 0 Å². The van der Waals surface area contributed by atoms with Crippen LogP contribution in [0.5, 0.6) is 0 Å². The summed E-state index contributed by atoms with van der Waals surface area (Å²) in [6.07, 6.45) is 6.85. The first-order valence-corrected chi connectivity index (χ1v) is 8.39. The summed E-state index contributed by atoms with van der Waals surface area (Å²) in [6, 6.07) is 6.72. The number of benzene rings is 1. The van der Waals surface area contributed by atoms with Gasteiger partial charge in [-0.05, 0) is 48.8 Å². The SMILES string of the molecule is CC(C)NCC1(c2ccc(Cl)c(Cl)c2)CC2(CCC2)C1. The molecule has 2 aliphatic rings. The molecule has 1 nitrogen and oxygen atoms in total. The van der Waals surface area contributed by atoms with Crippen LogP contribution in [0.4, 0.5) is 0 Å². The Morgan fingerprint density at radius 1 is 1.15 bits per heavy atom. The Labute approximate surface area is 132 Å². The lowest BCUT2D eigenvalue weighted by atomic mass is 9.43. The first-order chi connectivity index (χ1) is 9.45. The number of rotatable bonds is 4. The van der Waals surface area contributed by atoms with Crippen LogP contribution in [0, 0.1) is 5.41 Å². The van der Waals surface area contributed by atoms with Crippen molar-refractivity contribution in [3.05, 3.63) is 33.8 Å². The van der Waals surface area contributed by atoms with E-state index >= 15 is 0 Å². The Balaban J connectivity index is 1.83. The van der Waals surface area contributed by atoms with Gasteiger partial charge in [-0.1, -0.05) is 49.5 Å². The van der Waals surface area contributed by atoms with Crippen molar-refractivity contribution < 1.29 is 0 Å². The van der Waals surface area contributed by atoms with Crippen LogP contribution in [0.3, 0.4) is 0 Å². The molecule has 20 heavy (non-hydrogen) atoms. The van der Waals surface area contributed by atoms with E-state index in [4.69, 9.17) is 23.2 Å². The predicted molar refractivity (Wildman–Crippen MR) is 86.8 cm³/mol. The summed E-state index contributed by atoms with van der Waals surface area (Å²) in [6.45, 7) is 5.46. The summed E-state index contributed by atoms with van der Waals surface area (Å²) >= 11 is 12.3. The highest BCUT2D eigenvalue weighted by molar-refractivity contribution is 6.42. The van der Waals surface area contributed by atoms with E-state index in [1.807, 2.05) is 6.07 Å². The van der Waals surface area contributed by atoms with E-state index in [1.165, 1.54) is 37.7 Å². The minimum Gasteiger partial charge on any atom is -0.314 e. The highest BCUT2D eigenvalue weighted by atomic mass is 35.5. The summed E-state index contributed by atoms with van der Waals surface area (Å²) in [5.74, 6) is 0. The maximum atomic E-state index is 6.23. The van der Waals surface area contributed by atoms with E-state index in [-0.39, 0.29) is 5.41 Å². The van der Waals surface area contributed by atoms with Gasteiger partial charge in [-0.3, -0.25) is 0 Å². The van der Waals surface area contributed by atoms with Gasteiger partial charge in [0.25, 0.3) is 0 Å². The molecule has 1 N–H and O–H groups in total. The van der Waals surface area contributed by atoms with E-state index in [1.54, 1.807) is 0 Å². The molecule has 0 saturated heterocycles. The summed E-state index contributed by atoms with van der Waals surface area (Å²) < 4.78 is 0. The second-order valence-electron chi connectivity index (χ2n) is 7.15. The molecule has 0 aliphatic heterocycles. The van der Waals surface area contributed by atoms with Crippen molar-refractivity contribution in [2.75, 3.05) is 6.54 Å². The van der Waals surface area contributed by atoms with Crippen LogP contribution >= 0.6 is 23.2 Å². The lowest BCUT2D eigenvalue weighted by Crippen LogP contribution is -2.57. The van der Waals surface area contributed by atoms with Crippen molar-refractivity contribution in [1.82, 2.24) is 5.32 Å². The van der Waals surface area contributed by atoms with Gasteiger partial charge >= 0.3 is 0 Å². The average molecular weight is 312 g/mol. The van der Waals surface area contributed by atoms with Gasteiger partial charge in [0.05, 0.1) is 10.0 Å². The van der Waals surface area contributed by atoms with Crippen molar-refractivity contribution >= 4 is 23.2 Å². The van der Waals surface area contributed by atoms with Gasteiger partial charge in [0.15, 0.2) is 0 Å². The van der Waals surface area contributed by atoms with Crippen LogP contribution in [0.1, 0.15) is 51.5 Å². The van der Waals surface area contributed by atoms with Crippen LogP contribution in [-0.2, 0) is 5.41 Å². The van der Waals surface area contributed by atoms with Gasteiger partial charge in [-0.15, -0.1) is 0 Å². The number of hydrogen-bond donors (Lipinski definition) is 1. The zero-order valence-electron chi connectivity index (χ0n) is 12.3. The fourth-order valence-electron chi connectivity index (χ4n) is 4.07. The zero-order valence-corrected chi connectivity index (χ0v) is 13.8. The minimum absolute atomic E-state index is 0.263. The van der Waals surface area contributed by atoms with Crippen LogP contribution in [0.2, 0.25) is 10.0 Å². The Kier molecular flexibility index (Phi) is 3.81. The average Bonchev–Trinajstić information content (AvgIpc) is 2.29. The summed E-state index contributed by atoms with van der Waals surface area (Å²) in [4.78, 5) is 0. The molecule has 1 aromatic rings.